The highest BCUT2D eigenvalue weighted by molar-refractivity contribution is 5.34. The fraction of sp³-hybridized carbons (Fsp3) is 0.692. The van der Waals surface area contributed by atoms with Crippen molar-refractivity contribution in [2.45, 2.75) is 84.5 Å². The van der Waals surface area contributed by atoms with Crippen LogP contribution in [-0.4, -0.2) is 0 Å². The van der Waals surface area contributed by atoms with E-state index in [0.29, 0.717) is 0 Å². The van der Waals surface area contributed by atoms with Gasteiger partial charge in [0.1, 0.15) is 0 Å². The van der Waals surface area contributed by atoms with Crippen LogP contribution in [-0.2, 0) is 19.3 Å². The van der Waals surface area contributed by atoms with Crippen molar-refractivity contribution in [2.24, 2.45) is 29.6 Å². The van der Waals surface area contributed by atoms with Crippen molar-refractivity contribution in [3.63, 3.8) is 0 Å². The summed E-state index contributed by atoms with van der Waals surface area (Å²) in [6.07, 6.45) is 20.4. The molecule has 0 nitrogen and oxygen atoms in total. The molecule has 0 amide bonds. The van der Waals surface area contributed by atoms with Gasteiger partial charge in [-0.15, -0.1) is 0 Å². The van der Waals surface area contributed by atoms with E-state index >= 15 is 0 Å². The predicted octanol–water partition coefficient (Wildman–Crippen LogP) is 7.15. The van der Waals surface area contributed by atoms with Crippen molar-refractivity contribution in [3.8, 4) is 0 Å². The molecular weight excluding hydrogens is 312 g/mol. The zero-order chi connectivity index (χ0) is 17.9. The van der Waals surface area contributed by atoms with E-state index in [2.05, 4.69) is 44.2 Å². The SMILES string of the molecule is C/C=C/C1CCC2CC(C3CCc4cc(CCC)ccc4C3)CCC2C1. The van der Waals surface area contributed by atoms with Crippen LogP contribution in [0.5, 0.6) is 0 Å². The summed E-state index contributed by atoms with van der Waals surface area (Å²) in [7, 11) is 0. The van der Waals surface area contributed by atoms with Gasteiger partial charge in [-0.1, -0.05) is 43.7 Å². The van der Waals surface area contributed by atoms with E-state index in [9.17, 15) is 0 Å². The Morgan fingerprint density at radius 1 is 0.885 bits per heavy atom. The molecule has 0 heterocycles. The third-order valence-corrected chi connectivity index (χ3v) is 7.90. The second kappa shape index (κ2) is 8.32. The third-order valence-electron chi connectivity index (χ3n) is 7.90. The first kappa shape index (κ1) is 18.3. The minimum absolute atomic E-state index is 0.886. The summed E-state index contributed by atoms with van der Waals surface area (Å²) in [5.74, 6) is 4.95. The minimum Gasteiger partial charge on any atom is -0.0914 e. The van der Waals surface area contributed by atoms with E-state index in [1.807, 2.05) is 0 Å². The maximum Gasteiger partial charge on any atom is -0.0231 e. The smallest absolute Gasteiger partial charge is 0.0231 e. The van der Waals surface area contributed by atoms with Gasteiger partial charge in [0.2, 0.25) is 0 Å². The fourth-order valence-corrected chi connectivity index (χ4v) is 6.52. The lowest BCUT2D eigenvalue weighted by atomic mass is 9.61. The highest BCUT2D eigenvalue weighted by Crippen LogP contribution is 2.48. The summed E-state index contributed by atoms with van der Waals surface area (Å²) in [4.78, 5) is 0. The Hall–Kier alpha value is -1.04. The van der Waals surface area contributed by atoms with Gasteiger partial charge in [-0.25, -0.2) is 0 Å². The zero-order valence-corrected chi connectivity index (χ0v) is 17.1. The number of aryl methyl sites for hydroxylation is 2. The van der Waals surface area contributed by atoms with Gasteiger partial charge in [0, 0.05) is 0 Å². The highest BCUT2D eigenvalue weighted by atomic mass is 14.4. The minimum atomic E-state index is 0.886. The van der Waals surface area contributed by atoms with Crippen molar-refractivity contribution in [1.82, 2.24) is 0 Å². The molecule has 0 heteroatoms. The predicted molar refractivity (Wildman–Crippen MR) is 112 cm³/mol. The van der Waals surface area contributed by atoms with Gasteiger partial charge in [0.05, 0.1) is 0 Å². The van der Waals surface area contributed by atoms with Crippen molar-refractivity contribution in [1.29, 1.82) is 0 Å². The van der Waals surface area contributed by atoms with Crippen LogP contribution in [0.2, 0.25) is 0 Å². The standard InChI is InChI=1S/C26H38/c1-3-5-19-7-9-23-17-25(13-11-21(23)15-19)26-14-12-22-16-20(6-4-2)8-10-24(22)18-26/h3,5,8,10,16,19,21,23,25-26H,4,6-7,9,11-15,17-18H2,1-2H3/b5-3+. The second-order valence-corrected chi connectivity index (χ2v) is 9.55. The van der Waals surface area contributed by atoms with Gasteiger partial charge in [-0.05, 0) is 117 Å². The molecule has 2 saturated carbocycles. The molecular formula is C26H38. The number of rotatable bonds is 4. The first-order chi connectivity index (χ1) is 12.8. The molecule has 1 aromatic rings. The summed E-state index contributed by atoms with van der Waals surface area (Å²) in [5, 5.41) is 0. The van der Waals surface area contributed by atoms with Crippen LogP contribution < -0.4 is 0 Å². The Balaban J connectivity index is 1.36. The van der Waals surface area contributed by atoms with Gasteiger partial charge in [-0.3, -0.25) is 0 Å². The van der Waals surface area contributed by atoms with Crippen molar-refractivity contribution < 1.29 is 0 Å². The van der Waals surface area contributed by atoms with Gasteiger partial charge < -0.3 is 0 Å². The molecule has 0 N–H and O–H groups in total. The molecule has 26 heavy (non-hydrogen) atoms. The highest BCUT2D eigenvalue weighted by Gasteiger charge is 2.38. The van der Waals surface area contributed by atoms with Crippen molar-refractivity contribution >= 4 is 0 Å². The Kier molecular flexibility index (Phi) is 5.87. The summed E-state index contributed by atoms with van der Waals surface area (Å²) in [6.45, 7) is 4.48. The van der Waals surface area contributed by atoms with Gasteiger partial charge >= 0.3 is 0 Å². The molecule has 0 saturated heterocycles. The Morgan fingerprint density at radius 2 is 1.65 bits per heavy atom. The molecule has 1 aromatic carbocycles. The van der Waals surface area contributed by atoms with E-state index < -0.39 is 0 Å². The van der Waals surface area contributed by atoms with E-state index in [-0.39, 0.29) is 0 Å². The number of allylic oxidation sites excluding steroid dienone is 2. The zero-order valence-electron chi connectivity index (χ0n) is 17.1. The van der Waals surface area contributed by atoms with Crippen LogP contribution >= 0.6 is 0 Å². The molecule has 5 unspecified atom stereocenters. The number of hydrogen-bond donors (Lipinski definition) is 0. The summed E-state index contributed by atoms with van der Waals surface area (Å²) < 4.78 is 0. The van der Waals surface area contributed by atoms with Gasteiger partial charge in [-0.2, -0.15) is 0 Å². The third kappa shape index (κ3) is 3.95. The summed E-state index contributed by atoms with van der Waals surface area (Å²) >= 11 is 0. The quantitative estimate of drug-likeness (QED) is 0.506. The van der Waals surface area contributed by atoms with E-state index in [0.717, 1.165) is 29.6 Å². The van der Waals surface area contributed by atoms with E-state index in [4.69, 9.17) is 0 Å². The second-order valence-electron chi connectivity index (χ2n) is 9.55. The summed E-state index contributed by atoms with van der Waals surface area (Å²) in [6, 6.07) is 7.40. The van der Waals surface area contributed by atoms with Gasteiger partial charge in [0.15, 0.2) is 0 Å². The Labute approximate surface area is 161 Å². The van der Waals surface area contributed by atoms with Crippen LogP contribution in [0.4, 0.5) is 0 Å². The molecule has 0 aromatic heterocycles. The lowest BCUT2D eigenvalue weighted by molar-refractivity contribution is 0.0810. The molecule has 0 bridgehead atoms. The van der Waals surface area contributed by atoms with E-state index in [1.165, 1.54) is 64.2 Å². The van der Waals surface area contributed by atoms with Crippen LogP contribution in [0, 0.1) is 29.6 Å². The first-order valence-corrected chi connectivity index (χ1v) is 11.5. The first-order valence-electron chi connectivity index (χ1n) is 11.5. The molecule has 3 aliphatic carbocycles. The molecule has 4 rings (SSSR count). The Bertz CT molecular complexity index is 625. The monoisotopic (exact) mass is 350 g/mol. The van der Waals surface area contributed by atoms with Crippen molar-refractivity contribution in [3.05, 3.63) is 47.0 Å². The number of benzene rings is 1. The largest absolute Gasteiger partial charge is 0.0914 e. The lowest BCUT2D eigenvalue weighted by Crippen LogP contribution is -2.34. The molecule has 0 radical (unpaired) electrons. The molecule has 5 atom stereocenters. The van der Waals surface area contributed by atoms with E-state index in [1.54, 1.807) is 23.1 Å². The summed E-state index contributed by atoms with van der Waals surface area (Å²) in [5.41, 5.74) is 4.91. The van der Waals surface area contributed by atoms with Crippen LogP contribution in [0.1, 0.15) is 81.9 Å². The van der Waals surface area contributed by atoms with Crippen molar-refractivity contribution in [2.75, 3.05) is 0 Å². The fourth-order valence-electron chi connectivity index (χ4n) is 6.52. The molecule has 0 aliphatic heterocycles. The molecule has 0 spiro atoms. The van der Waals surface area contributed by atoms with Crippen LogP contribution in [0.3, 0.4) is 0 Å². The normalized spacial score (nSPS) is 34.5. The maximum atomic E-state index is 2.52. The average molecular weight is 351 g/mol. The van der Waals surface area contributed by atoms with Crippen LogP contribution in [0.15, 0.2) is 30.4 Å². The molecule has 142 valence electrons. The lowest BCUT2D eigenvalue weighted by Gasteiger charge is -2.44. The maximum absolute atomic E-state index is 2.52. The van der Waals surface area contributed by atoms with Gasteiger partial charge in [0.25, 0.3) is 0 Å². The molecule has 3 aliphatic rings. The number of fused-ring (bicyclic) bond motifs is 2. The van der Waals surface area contributed by atoms with Crippen LogP contribution in [0.25, 0.3) is 0 Å². The number of hydrogen-bond acceptors (Lipinski definition) is 0. The topological polar surface area (TPSA) is 0 Å². The Morgan fingerprint density at radius 3 is 2.46 bits per heavy atom. The average Bonchev–Trinajstić information content (AvgIpc) is 2.68. The molecule has 2 fully saturated rings.